The normalized spacial score (nSPS) is 12.5. The van der Waals surface area contributed by atoms with Crippen LogP contribution in [0.5, 0.6) is 0 Å². The molecule has 4 rings (SSSR count). The number of nitrogens with two attached hydrogens (primary N) is 1. The molecule has 0 spiro atoms. The zero-order valence-corrected chi connectivity index (χ0v) is 14.0. The average Bonchev–Trinajstić information content (AvgIpc) is 3.25. The molecule has 0 bridgehead atoms. The molecule has 1 aromatic carbocycles. The Hall–Kier alpha value is -3.07. The molecule has 126 valence electrons. The Morgan fingerprint density at radius 2 is 2.08 bits per heavy atom. The Labute approximate surface area is 146 Å². The summed E-state index contributed by atoms with van der Waals surface area (Å²) in [6.45, 7) is 1.92. The van der Waals surface area contributed by atoms with Crippen LogP contribution in [0.1, 0.15) is 18.0 Å². The second-order valence-corrected chi connectivity index (χ2v) is 6.69. The number of para-hydroxylation sites is 1. The van der Waals surface area contributed by atoms with Gasteiger partial charge in [-0.25, -0.2) is 9.66 Å². The summed E-state index contributed by atoms with van der Waals surface area (Å²) in [7, 11) is 0. The first-order chi connectivity index (χ1) is 12.1. The Bertz CT molecular complexity index is 1090. The van der Waals surface area contributed by atoms with E-state index in [0.717, 1.165) is 0 Å². The monoisotopic (exact) mass is 354 g/mol. The van der Waals surface area contributed by atoms with Gasteiger partial charge in [0.05, 0.1) is 22.4 Å². The molecule has 0 unspecified atom stereocenters. The molecule has 0 radical (unpaired) electrons. The maximum Gasteiger partial charge on any atom is 0.258 e. The van der Waals surface area contributed by atoms with Crippen molar-refractivity contribution < 1.29 is 4.42 Å². The Kier molecular flexibility index (Phi) is 3.77. The van der Waals surface area contributed by atoms with Gasteiger partial charge in [-0.1, -0.05) is 23.9 Å². The number of aromatic nitrogens is 5. The van der Waals surface area contributed by atoms with E-state index in [1.807, 2.05) is 25.1 Å². The summed E-state index contributed by atoms with van der Waals surface area (Å²) in [4.78, 5) is 19.6. The molecule has 0 saturated heterocycles. The second kappa shape index (κ2) is 6.10. The Morgan fingerprint density at radius 1 is 1.24 bits per heavy atom. The van der Waals surface area contributed by atoms with E-state index in [0.29, 0.717) is 33.5 Å². The van der Waals surface area contributed by atoms with Gasteiger partial charge in [0.1, 0.15) is 5.82 Å². The maximum absolute atomic E-state index is 12.2. The number of thioether (sulfide) groups is 1. The molecule has 8 nitrogen and oxygen atoms in total. The Balaban J connectivity index is 1.65. The van der Waals surface area contributed by atoms with Crippen LogP contribution < -0.4 is 11.4 Å². The highest BCUT2D eigenvalue weighted by Gasteiger charge is 2.19. The molecule has 9 heteroatoms. The lowest BCUT2D eigenvalue weighted by atomic mass is 10.2. The number of rotatable bonds is 4. The van der Waals surface area contributed by atoms with Crippen LogP contribution in [0.2, 0.25) is 0 Å². The maximum atomic E-state index is 12.2. The van der Waals surface area contributed by atoms with Gasteiger partial charge in [0.2, 0.25) is 11.0 Å². The van der Waals surface area contributed by atoms with E-state index in [1.165, 1.54) is 16.4 Å². The van der Waals surface area contributed by atoms with Crippen molar-refractivity contribution in [2.24, 2.45) is 0 Å². The number of nitrogen functional groups attached to an aromatic ring is 1. The van der Waals surface area contributed by atoms with Crippen molar-refractivity contribution in [1.29, 1.82) is 0 Å². The summed E-state index contributed by atoms with van der Waals surface area (Å²) < 4.78 is 6.66. The van der Waals surface area contributed by atoms with Gasteiger partial charge in [0, 0.05) is 0 Å². The molecular weight excluding hydrogens is 340 g/mol. The first kappa shape index (κ1) is 15.5. The highest BCUT2D eigenvalue weighted by Crippen LogP contribution is 2.32. The number of nitrogens with one attached hydrogen (secondary N) is 1. The van der Waals surface area contributed by atoms with Gasteiger partial charge < -0.3 is 15.2 Å². The van der Waals surface area contributed by atoms with E-state index < -0.39 is 0 Å². The van der Waals surface area contributed by atoms with Crippen LogP contribution in [0.25, 0.3) is 22.5 Å². The highest BCUT2D eigenvalue weighted by molar-refractivity contribution is 7.99. The molecule has 25 heavy (non-hydrogen) atoms. The number of furan rings is 1. The lowest BCUT2D eigenvalue weighted by Gasteiger charge is -2.10. The summed E-state index contributed by atoms with van der Waals surface area (Å²) in [6.07, 6.45) is 1.54. The molecule has 0 aliphatic carbocycles. The van der Waals surface area contributed by atoms with Gasteiger partial charge in [0.25, 0.3) is 5.56 Å². The van der Waals surface area contributed by atoms with E-state index >= 15 is 0 Å². The van der Waals surface area contributed by atoms with Gasteiger partial charge in [-0.2, -0.15) is 0 Å². The summed E-state index contributed by atoms with van der Waals surface area (Å²) in [5, 5.41) is 9.03. The standard InChI is InChI=1S/C16H14N6O2S/c1-9(13-18-11-6-3-2-5-10(11)15(23)19-13)25-16-21-20-14(22(16)17)12-7-4-8-24-12/h2-9H,17H2,1H3,(H,18,19,23)/t9-/m1/s1. The van der Waals surface area contributed by atoms with Crippen LogP contribution in [0, 0.1) is 0 Å². The van der Waals surface area contributed by atoms with E-state index in [2.05, 4.69) is 20.2 Å². The number of nitrogens with zero attached hydrogens (tertiary/aromatic N) is 4. The van der Waals surface area contributed by atoms with Gasteiger partial charge in [-0.05, 0) is 31.2 Å². The molecule has 0 amide bonds. The van der Waals surface area contributed by atoms with Crippen LogP contribution in [0.15, 0.2) is 57.0 Å². The number of aromatic amines is 1. The molecule has 0 aliphatic heterocycles. The number of H-pyrrole nitrogens is 1. The molecule has 3 N–H and O–H groups in total. The van der Waals surface area contributed by atoms with Crippen LogP contribution in [-0.4, -0.2) is 24.8 Å². The fourth-order valence-corrected chi connectivity index (χ4v) is 3.27. The molecular formula is C16H14N6O2S. The van der Waals surface area contributed by atoms with E-state index in [-0.39, 0.29) is 10.8 Å². The lowest BCUT2D eigenvalue weighted by molar-refractivity contribution is 0.574. The molecule has 3 aromatic heterocycles. The number of hydrogen-bond acceptors (Lipinski definition) is 7. The van der Waals surface area contributed by atoms with Crippen LogP contribution in [0.3, 0.4) is 0 Å². The van der Waals surface area contributed by atoms with Gasteiger partial charge in [-0.15, -0.1) is 10.2 Å². The zero-order chi connectivity index (χ0) is 17.4. The van der Waals surface area contributed by atoms with E-state index in [4.69, 9.17) is 10.3 Å². The predicted molar refractivity (Wildman–Crippen MR) is 94.5 cm³/mol. The predicted octanol–water partition coefficient (Wildman–Crippen LogP) is 2.34. The molecule has 3 heterocycles. The summed E-state index contributed by atoms with van der Waals surface area (Å²) in [6, 6.07) is 10.7. The van der Waals surface area contributed by atoms with Gasteiger partial charge in [0.15, 0.2) is 5.76 Å². The zero-order valence-electron chi connectivity index (χ0n) is 13.2. The van der Waals surface area contributed by atoms with Crippen LogP contribution in [0.4, 0.5) is 0 Å². The summed E-state index contributed by atoms with van der Waals surface area (Å²) in [5.74, 6) is 7.58. The van der Waals surface area contributed by atoms with Crippen molar-refractivity contribution in [2.75, 3.05) is 5.84 Å². The quantitative estimate of drug-likeness (QED) is 0.427. The van der Waals surface area contributed by atoms with Crippen molar-refractivity contribution >= 4 is 22.7 Å². The third kappa shape index (κ3) is 2.78. The van der Waals surface area contributed by atoms with Crippen LogP contribution in [-0.2, 0) is 0 Å². The second-order valence-electron chi connectivity index (χ2n) is 5.38. The first-order valence-electron chi connectivity index (χ1n) is 7.53. The molecule has 0 fully saturated rings. The largest absolute Gasteiger partial charge is 0.461 e. The summed E-state index contributed by atoms with van der Waals surface area (Å²) in [5.41, 5.74) is 0.484. The topological polar surface area (TPSA) is 116 Å². The smallest absolute Gasteiger partial charge is 0.258 e. The van der Waals surface area contributed by atoms with E-state index in [1.54, 1.807) is 24.5 Å². The van der Waals surface area contributed by atoms with Crippen molar-refractivity contribution in [2.45, 2.75) is 17.3 Å². The fourth-order valence-electron chi connectivity index (χ4n) is 2.44. The first-order valence-corrected chi connectivity index (χ1v) is 8.41. The minimum atomic E-state index is -0.173. The molecule has 0 aliphatic rings. The Morgan fingerprint density at radius 3 is 2.88 bits per heavy atom. The fraction of sp³-hybridized carbons (Fsp3) is 0.125. The summed E-state index contributed by atoms with van der Waals surface area (Å²) >= 11 is 1.35. The van der Waals surface area contributed by atoms with Crippen LogP contribution >= 0.6 is 11.8 Å². The van der Waals surface area contributed by atoms with Crippen molar-refractivity contribution in [1.82, 2.24) is 24.8 Å². The molecule has 0 saturated carbocycles. The van der Waals surface area contributed by atoms with Crippen molar-refractivity contribution in [3.05, 3.63) is 58.8 Å². The lowest BCUT2D eigenvalue weighted by Crippen LogP contribution is -2.14. The van der Waals surface area contributed by atoms with Crippen molar-refractivity contribution in [3.63, 3.8) is 0 Å². The third-order valence-electron chi connectivity index (χ3n) is 3.70. The third-order valence-corrected chi connectivity index (χ3v) is 4.77. The number of fused-ring (bicyclic) bond motifs is 1. The molecule has 4 aromatic rings. The van der Waals surface area contributed by atoms with Crippen molar-refractivity contribution in [3.8, 4) is 11.6 Å². The van der Waals surface area contributed by atoms with Gasteiger partial charge >= 0.3 is 0 Å². The van der Waals surface area contributed by atoms with E-state index in [9.17, 15) is 4.79 Å². The highest BCUT2D eigenvalue weighted by atomic mass is 32.2. The number of benzene rings is 1. The average molecular weight is 354 g/mol. The number of hydrogen-bond donors (Lipinski definition) is 2. The SMILES string of the molecule is C[C@@H](Sc1nnc(-c2ccco2)n1N)c1nc2ccccc2c(=O)[nH]1. The minimum absolute atomic E-state index is 0.168. The van der Waals surface area contributed by atoms with Gasteiger partial charge in [-0.3, -0.25) is 4.79 Å². The molecule has 1 atom stereocenters. The minimum Gasteiger partial charge on any atom is -0.461 e.